The average Bonchev–Trinajstić information content (AvgIpc) is 0.722. The fourth-order valence-electron chi connectivity index (χ4n) is 0. The van der Waals surface area contributed by atoms with Crippen LogP contribution in [-0.4, -0.2) is 45.8 Å². The van der Waals surface area contributed by atoms with Crippen molar-refractivity contribution in [3.05, 3.63) is 0 Å². The van der Waals surface area contributed by atoms with E-state index in [1.807, 2.05) is 0 Å². The van der Waals surface area contributed by atoms with Crippen LogP contribution in [0.4, 0.5) is 0 Å². The van der Waals surface area contributed by atoms with Crippen LogP contribution in [0.3, 0.4) is 0 Å². The van der Waals surface area contributed by atoms with E-state index in [-0.39, 0.29) is 28.3 Å². The summed E-state index contributed by atoms with van der Waals surface area (Å²) in [4.78, 5) is 0. The van der Waals surface area contributed by atoms with Crippen molar-refractivity contribution in [3.63, 3.8) is 0 Å². The maximum absolute atomic E-state index is 8.52. The fourth-order valence-corrected chi connectivity index (χ4v) is 0. The predicted molar refractivity (Wildman–Crippen MR) is 21.8 cm³/mol. The summed E-state index contributed by atoms with van der Waals surface area (Å²) >= 11 is 0. The summed E-state index contributed by atoms with van der Waals surface area (Å²) in [5, 5.41) is 0. The second-order valence-corrected chi connectivity index (χ2v) is 1.22. The molecule has 0 heterocycles. The van der Waals surface area contributed by atoms with Crippen molar-refractivity contribution in [2.24, 2.45) is 0 Å². The maximum Gasteiger partial charge on any atom is 3.00 e. The van der Waals surface area contributed by atoms with E-state index in [4.69, 9.17) is 17.5 Å². The molecular weight excluding hydrogens is 155 g/mol. The summed E-state index contributed by atoms with van der Waals surface area (Å²) in [6.45, 7) is 0. The molecule has 0 aliphatic carbocycles. The van der Waals surface area contributed by atoms with Crippen LogP contribution < -0.4 is 0 Å². The minimum atomic E-state index is -5.17. The third kappa shape index (κ3) is 1720. The van der Waals surface area contributed by atoms with Gasteiger partial charge in [0, 0.05) is 10.4 Å². The minimum absolute atomic E-state index is 0. The van der Waals surface area contributed by atoms with Gasteiger partial charge in [-0.15, -0.1) is 0 Å². The van der Waals surface area contributed by atoms with Gasteiger partial charge in [-0.25, -0.2) is 0 Å². The van der Waals surface area contributed by atoms with Crippen LogP contribution in [0, 0.1) is 0 Å². The smallest absolute Gasteiger partial charge is 0.870 e. The molecule has 0 saturated carbocycles. The number of hydrogen-bond acceptors (Lipinski definition) is 5. The van der Waals surface area contributed by atoms with Gasteiger partial charge in [0.05, 0.1) is 0 Å². The third-order valence-electron chi connectivity index (χ3n) is 0. The topological polar surface area (TPSA) is 142 Å². The quantitative estimate of drug-likeness (QED) is 0.214. The molecule has 0 aliphatic heterocycles. The SMILES string of the molecule is O.O=S(=O)([O-])[O-].[Al+3].[OH-]. The zero-order valence-corrected chi connectivity index (χ0v) is 5.54. The molecule has 0 unspecified atom stereocenters. The van der Waals surface area contributed by atoms with E-state index in [0.717, 1.165) is 0 Å². The Morgan fingerprint density at radius 1 is 1.12 bits per heavy atom. The standard InChI is InChI=1S/Al.H2O4S.2H2O/c;1-5(2,3)4;;/h;(H2,1,2,3,4);2*1H2/q+3;;;/p-3. The van der Waals surface area contributed by atoms with Crippen molar-refractivity contribution >= 4 is 27.8 Å². The first-order valence-corrected chi connectivity index (χ1v) is 2.00. The summed E-state index contributed by atoms with van der Waals surface area (Å²) < 4.78 is 34.1. The second-order valence-electron chi connectivity index (χ2n) is 0.408. The van der Waals surface area contributed by atoms with E-state index in [1.54, 1.807) is 0 Å². The van der Waals surface area contributed by atoms with Crippen LogP contribution in [0.25, 0.3) is 0 Å². The first-order chi connectivity index (χ1) is 2.00. The second kappa shape index (κ2) is 7.32. The molecule has 0 atom stereocenters. The van der Waals surface area contributed by atoms with Gasteiger partial charge in [0.2, 0.25) is 0 Å². The molecule has 0 aromatic rings. The van der Waals surface area contributed by atoms with Gasteiger partial charge in [0.25, 0.3) is 0 Å². The molecule has 48 valence electrons. The van der Waals surface area contributed by atoms with Gasteiger partial charge < -0.3 is 20.1 Å². The van der Waals surface area contributed by atoms with Crippen molar-refractivity contribution in [2.75, 3.05) is 0 Å². The molecule has 0 bridgehead atoms. The van der Waals surface area contributed by atoms with E-state index >= 15 is 0 Å². The molecule has 0 aliphatic rings. The van der Waals surface area contributed by atoms with Crippen molar-refractivity contribution in [1.29, 1.82) is 0 Å². The Kier molecular flexibility index (Phi) is 21.9. The molecule has 0 aromatic carbocycles. The first-order valence-electron chi connectivity index (χ1n) is 0.667. The van der Waals surface area contributed by atoms with Crippen molar-refractivity contribution in [3.8, 4) is 0 Å². The minimum Gasteiger partial charge on any atom is -0.870 e. The first kappa shape index (κ1) is 23.9. The molecule has 0 rings (SSSR count). The van der Waals surface area contributed by atoms with Gasteiger partial charge in [-0.05, 0) is 0 Å². The number of hydrogen-bond donors (Lipinski definition) is 0. The summed E-state index contributed by atoms with van der Waals surface area (Å²) in [6, 6.07) is 0. The molecule has 8 heavy (non-hydrogen) atoms. The molecular formula is H3AlO6S. The van der Waals surface area contributed by atoms with Gasteiger partial charge in [0.15, 0.2) is 0 Å². The molecule has 0 saturated heterocycles. The van der Waals surface area contributed by atoms with E-state index < -0.39 is 10.4 Å². The Morgan fingerprint density at radius 3 is 1.12 bits per heavy atom. The molecule has 0 amide bonds. The van der Waals surface area contributed by atoms with E-state index in [1.165, 1.54) is 0 Å². The average molecular weight is 158 g/mol. The number of rotatable bonds is 0. The van der Waals surface area contributed by atoms with Crippen LogP contribution in [-0.2, 0) is 10.4 Å². The molecule has 0 fully saturated rings. The van der Waals surface area contributed by atoms with Crippen LogP contribution in [0.15, 0.2) is 0 Å². The summed E-state index contributed by atoms with van der Waals surface area (Å²) in [5.74, 6) is 0. The van der Waals surface area contributed by atoms with Crippen LogP contribution in [0.2, 0.25) is 0 Å². The Hall–Kier alpha value is 0.322. The van der Waals surface area contributed by atoms with Gasteiger partial charge in [-0.2, -0.15) is 0 Å². The summed E-state index contributed by atoms with van der Waals surface area (Å²) in [6.07, 6.45) is 0. The molecule has 6 nitrogen and oxygen atoms in total. The molecule has 0 radical (unpaired) electrons. The molecule has 0 spiro atoms. The largest absolute Gasteiger partial charge is 3.00 e. The molecule has 0 aromatic heterocycles. The van der Waals surface area contributed by atoms with Crippen molar-refractivity contribution < 1.29 is 28.5 Å². The van der Waals surface area contributed by atoms with Crippen molar-refractivity contribution in [2.45, 2.75) is 0 Å². The maximum atomic E-state index is 8.52. The zero-order valence-electron chi connectivity index (χ0n) is 3.57. The monoisotopic (exact) mass is 158 g/mol. The van der Waals surface area contributed by atoms with Crippen LogP contribution in [0.5, 0.6) is 0 Å². The van der Waals surface area contributed by atoms with Gasteiger partial charge in [0.1, 0.15) is 0 Å². The van der Waals surface area contributed by atoms with Crippen molar-refractivity contribution in [1.82, 2.24) is 0 Å². The normalized spacial score (nSPS) is 7.25. The summed E-state index contributed by atoms with van der Waals surface area (Å²) in [7, 11) is -5.17. The molecule has 8 heteroatoms. The Labute approximate surface area is 56.8 Å². The van der Waals surface area contributed by atoms with E-state index in [0.29, 0.717) is 0 Å². The Bertz CT molecular complexity index is 91.7. The van der Waals surface area contributed by atoms with Gasteiger partial charge >= 0.3 is 17.4 Å². The van der Waals surface area contributed by atoms with Crippen LogP contribution in [0.1, 0.15) is 0 Å². The Morgan fingerprint density at radius 2 is 1.12 bits per heavy atom. The summed E-state index contributed by atoms with van der Waals surface area (Å²) in [5.41, 5.74) is 0. The van der Waals surface area contributed by atoms with Crippen LogP contribution >= 0.6 is 0 Å². The molecule has 3 N–H and O–H groups in total. The van der Waals surface area contributed by atoms with E-state index in [9.17, 15) is 0 Å². The van der Waals surface area contributed by atoms with Gasteiger partial charge in [-0.1, -0.05) is 0 Å². The predicted octanol–water partition coefficient (Wildman–Crippen LogP) is -2.72. The van der Waals surface area contributed by atoms with Gasteiger partial charge in [-0.3, -0.25) is 8.42 Å². The zero-order chi connectivity index (χ0) is 4.50. The Balaban J connectivity index is -0.0000000267. The van der Waals surface area contributed by atoms with E-state index in [2.05, 4.69) is 0 Å². The third-order valence-corrected chi connectivity index (χ3v) is 0. The fraction of sp³-hybridized carbons (Fsp3) is 0.